The van der Waals surface area contributed by atoms with Crippen LogP contribution in [0.25, 0.3) is 0 Å². The molecule has 1 amide bonds. The summed E-state index contributed by atoms with van der Waals surface area (Å²) in [7, 11) is 6.18. The zero-order chi connectivity index (χ0) is 15.3. The van der Waals surface area contributed by atoms with E-state index >= 15 is 0 Å². The lowest BCUT2D eigenvalue weighted by Crippen LogP contribution is -2.37. The molecule has 3 N–H and O–H groups in total. The molecule has 0 spiro atoms. The van der Waals surface area contributed by atoms with E-state index in [4.69, 9.17) is 10.5 Å². The standard InChI is InChI=1S/C7H16NO2.C6H14N2O/c1-7(9)10-6-5-8(2,3)4;1-6(9)8-5-3-2-4-7/h5-6H2,1-4H3;2-5,7H2,1H3,(H,8,9)/q+1;. The van der Waals surface area contributed by atoms with Crippen LogP contribution in [0.3, 0.4) is 0 Å². The average Bonchev–Trinajstić information content (AvgIpc) is 2.22. The Hall–Kier alpha value is -1.14. The molecule has 114 valence electrons. The lowest BCUT2D eigenvalue weighted by molar-refractivity contribution is -0.870. The number of nitrogens with two attached hydrogens (primary N) is 1. The van der Waals surface area contributed by atoms with Crippen molar-refractivity contribution in [2.45, 2.75) is 26.7 Å². The minimum Gasteiger partial charge on any atom is -0.460 e. The van der Waals surface area contributed by atoms with Crippen molar-refractivity contribution in [1.82, 2.24) is 5.32 Å². The Balaban J connectivity index is 0. The molecular weight excluding hydrogens is 246 g/mol. The van der Waals surface area contributed by atoms with E-state index in [9.17, 15) is 9.59 Å². The minimum absolute atomic E-state index is 0.0343. The van der Waals surface area contributed by atoms with Gasteiger partial charge in [-0.1, -0.05) is 0 Å². The number of ether oxygens (including phenoxy) is 1. The molecule has 0 heterocycles. The lowest BCUT2D eigenvalue weighted by Gasteiger charge is -2.23. The van der Waals surface area contributed by atoms with Gasteiger partial charge in [-0.15, -0.1) is 0 Å². The fraction of sp³-hybridized carbons (Fsp3) is 0.846. The Labute approximate surface area is 116 Å². The summed E-state index contributed by atoms with van der Waals surface area (Å²) in [5.41, 5.74) is 5.23. The molecule has 0 aromatic carbocycles. The summed E-state index contributed by atoms with van der Waals surface area (Å²) < 4.78 is 5.59. The van der Waals surface area contributed by atoms with Gasteiger partial charge in [0, 0.05) is 20.4 Å². The van der Waals surface area contributed by atoms with Crippen LogP contribution in [0.15, 0.2) is 0 Å². The van der Waals surface area contributed by atoms with Crippen LogP contribution in [0, 0.1) is 0 Å². The van der Waals surface area contributed by atoms with Crippen molar-refractivity contribution in [3.8, 4) is 0 Å². The highest BCUT2D eigenvalue weighted by atomic mass is 16.5. The maximum absolute atomic E-state index is 10.3. The number of likely N-dealkylation sites (N-methyl/N-ethyl adjacent to an activating group) is 1. The molecule has 0 saturated carbocycles. The Morgan fingerprint density at radius 1 is 1.16 bits per heavy atom. The summed E-state index contributed by atoms with van der Waals surface area (Å²) in [5.74, 6) is -0.166. The Morgan fingerprint density at radius 3 is 2.11 bits per heavy atom. The average molecular weight is 276 g/mol. The smallest absolute Gasteiger partial charge is 0.302 e. The highest BCUT2D eigenvalue weighted by molar-refractivity contribution is 5.72. The van der Waals surface area contributed by atoms with Crippen molar-refractivity contribution in [2.75, 3.05) is 47.4 Å². The number of quaternary nitrogens is 1. The predicted octanol–water partition coefficient (Wildman–Crippen LogP) is 0.117. The number of rotatable bonds is 7. The molecule has 0 bridgehead atoms. The molecule has 0 rings (SSSR count). The molecular formula is C13H30N3O3+. The third-order valence-corrected chi connectivity index (χ3v) is 2.07. The highest BCUT2D eigenvalue weighted by Gasteiger charge is 2.06. The van der Waals surface area contributed by atoms with Gasteiger partial charge in [-0.05, 0) is 19.4 Å². The SMILES string of the molecule is CC(=O)NCCCCN.CC(=O)OCC[N+](C)(C)C. The van der Waals surface area contributed by atoms with Gasteiger partial charge in [0.05, 0.1) is 21.1 Å². The Kier molecular flexibility index (Phi) is 12.7. The first-order valence-electron chi connectivity index (χ1n) is 6.57. The van der Waals surface area contributed by atoms with Crippen LogP contribution < -0.4 is 11.1 Å². The van der Waals surface area contributed by atoms with Gasteiger partial charge in [0.1, 0.15) is 13.2 Å². The van der Waals surface area contributed by atoms with Gasteiger partial charge >= 0.3 is 5.97 Å². The number of esters is 1. The first-order valence-corrected chi connectivity index (χ1v) is 6.57. The van der Waals surface area contributed by atoms with Crippen molar-refractivity contribution < 1.29 is 18.8 Å². The molecule has 19 heavy (non-hydrogen) atoms. The topological polar surface area (TPSA) is 81.4 Å². The number of carbonyl (C=O) groups is 2. The molecule has 0 aliphatic heterocycles. The van der Waals surface area contributed by atoms with Crippen LogP contribution >= 0.6 is 0 Å². The van der Waals surface area contributed by atoms with E-state index in [1.807, 2.05) is 0 Å². The van der Waals surface area contributed by atoms with Crippen molar-refractivity contribution in [2.24, 2.45) is 5.73 Å². The van der Waals surface area contributed by atoms with Crippen LogP contribution in [-0.2, 0) is 14.3 Å². The molecule has 6 heteroatoms. The molecule has 0 fully saturated rings. The third kappa shape index (κ3) is 26.5. The summed E-state index contributed by atoms with van der Waals surface area (Å²) in [5, 5.41) is 2.69. The van der Waals surface area contributed by atoms with E-state index < -0.39 is 0 Å². The summed E-state index contributed by atoms with van der Waals surface area (Å²) in [6, 6.07) is 0. The number of unbranched alkanes of at least 4 members (excludes halogenated alkanes) is 1. The molecule has 6 nitrogen and oxygen atoms in total. The number of nitrogens with one attached hydrogen (secondary N) is 1. The number of carbonyl (C=O) groups excluding carboxylic acids is 2. The molecule has 0 saturated heterocycles. The summed E-state index contributed by atoms with van der Waals surface area (Å²) in [6.45, 7) is 5.78. The van der Waals surface area contributed by atoms with Gasteiger partial charge in [-0.3, -0.25) is 9.59 Å². The molecule has 0 aliphatic rings. The molecule has 0 atom stereocenters. The van der Waals surface area contributed by atoms with Gasteiger partial charge in [-0.25, -0.2) is 0 Å². The fourth-order valence-electron chi connectivity index (χ4n) is 0.997. The Morgan fingerprint density at radius 2 is 1.74 bits per heavy atom. The van der Waals surface area contributed by atoms with Crippen LogP contribution in [0.4, 0.5) is 0 Å². The number of hydrogen-bond acceptors (Lipinski definition) is 4. The second-order valence-electron chi connectivity index (χ2n) is 5.33. The second kappa shape index (κ2) is 11.9. The van der Waals surface area contributed by atoms with Gasteiger partial charge < -0.3 is 20.3 Å². The first kappa shape index (κ1) is 20.2. The van der Waals surface area contributed by atoms with Crippen LogP contribution in [0.1, 0.15) is 26.7 Å². The maximum atomic E-state index is 10.3. The van der Waals surface area contributed by atoms with Crippen LogP contribution in [0.2, 0.25) is 0 Å². The number of nitrogens with zero attached hydrogens (tertiary/aromatic N) is 1. The Bertz CT molecular complexity index is 250. The zero-order valence-corrected chi connectivity index (χ0v) is 13.0. The van der Waals surface area contributed by atoms with Crippen molar-refractivity contribution in [3.63, 3.8) is 0 Å². The van der Waals surface area contributed by atoms with Crippen molar-refractivity contribution in [1.29, 1.82) is 0 Å². The summed E-state index contributed by atoms with van der Waals surface area (Å²) in [4.78, 5) is 20.6. The van der Waals surface area contributed by atoms with Gasteiger partial charge in [0.2, 0.25) is 5.91 Å². The van der Waals surface area contributed by atoms with E-state index in [0.717, 1.165) is 30.4 Å². The van der Waals surface area contributed by atoms with Crippen molar-refractivity contribution >= 4 is 11.9 Å². The first-order chi connectivity index (χ1) is 8.69. The van der Waals surface area contributed by atoms with E-state index in [1.54, 1.807) is 0 Å². The molecule has 0 aliphatic carbocycles. The lowest BCUT2D eigenvalue weighted by atomic mass is 10.3. The van der Waals surface area contributed by atoms with Crippen molar-refractivity contribution in [3.05, 3.63) is 0 Å². The van der Waals surface area contributed by atoms with E-state index in [1.165, 1.54) is 13.8 Å². The monoisotopic (exact) mass is 276 g/mol. The van der Waals surface area contributed by atoms with Gasteiger partial charge in [0.25, 0.3) is 0 Å². The van der Waals surface area contributed by atoms with Gasteiger partial charge in [-0.2, -0.15) is 0 Å². The number of amides is 1. The minimum atomic E-state index is -0.201. The fourth-order valence-corrected chi connectivity index (χ4v) is 0.997. The normalized spacial score (nSPS) is 10.2. The van der Waals surface area contributed by atoms with E-state index in [2.05, 4.69) is 26.5 Å². The van der Waals surface area contributed by atoms with Crippen LogP contribution in [-0.4, -0.2) is 63.7 Å². The van der Waals surface area contributed by atoms with Crippen LogP contribution in [0.5, 0.6) is 0 Å². The largest absolute Gasteiger partial charge is 0.460 e. The zero-order valence-electron chi connectivity index (χ0n) is 13.0. The highest BCUT2D eigenvalue weighted by Crippen LogP contribution is 1.89. The summed E-state index contributed by atoms with van der Waals surface area (Å²) >= 11 is 0. The van der Waals surface area contributed by atoms with E-state index in [-0.39, 0.29) is 11.9 Å². The quantitative estimate of drug-likeness (QED) is 0.393. The molecule has 0 unspecified atom stereocenters. The molecule has 0 aromatic heterocycles. The molecule has 0 aromatic rings. The number of hydrogen-bond donors (Lipinski definition) is 2. The van der Waals surface area contributed by atoms with Gasteiger partial charge in [0.15, 0.2) is 0 Å². The molecule has 0 radical (unpaired) electrons. The third-order valence-electron chi connectivity index (χ3n) is 2.07. The second-order valence-corrected chi connectivity index (χ2v) is 5.33. The maximum Gasteiger partial charge on any atom is 0.302 e. The predicted molar refractivity (Wildman–Crippen MR) is 76.5 cm³/mol. The summed E-state index contributed by atoms with van der Waals surface area (Å²) in [6.07, 6.45) is 1.97. The van der Waals surface area contributed by atoms with E-state index in [0.29, 0.717) is 13.2 Å².